The number of alkyl halides is 1. The van der Waals surface area contributed by atoms with E-state index in [4.69, 9.17) is 4.74 Å². The normalized spacial score (nSPS) is 26.3. The second-order valence-corrected chi connectivity index (χ2v) is 2.18. The average Bonchev–Trinajstić information content (AvgIpc) is 1.94. The molecule has 1 aliphatic rings. The summed E-state index contributed by atoms with van der Waals surface area (Å²) in [5.74, 6) is 0. The first-order valence-electron chi connectivity index (χ1n) is 3.39. The zero-order chi connectivity index (χ0) is 7.11. The van der Waals surface area contributed by atoms with Gasteiger partial charge in [-0.25, -0.2) is 0 Å². The Morgan fingerprint density at radius 1 is 1.33 bits per heavy atom. The van der Waals surface area contributed by atoms with E-state index in [1.54, 1.807) is 0 Å². The molecular weight excluding hydrogens is 227 g/mol. The summed E-state index contributed by atoms with van der Waals surface area (Å²) in [6.45, 7) is 3.13. The van der Waals surface area contributed by atoms with Crippen LogP contribution in [0.1, 0.15) is 26.2 Å². The predicted octanol–water partition coefficient (Wildman–Crippen LogP) is 2.63. The first-order chi connectivity index (χ1) is 4.39. The molecule has 0 aromatic heterocycles. The maximum absolute atomic E-state index is 5.28. The summed E-state index contributed by atoms with van der Waals surface area (Å²) in [6, 6.07) is 0. The Labute approximate surface area is 71.3 Å². The van der Waals surface area contributed by atoms with E-state index in [1.165, 1.54) is 19.3 Å². The SMILES string of the molecule is CC1CCCCO1.CI. The summed E-state index contributed by atoms with van der Waals surface area (Å²) < 4.78 is 5.28. The predicted molar refractivity (Wildman–Crippen MR) is 49.2 cm³/mol. The molecular formula is C7H15IO. The molecule has 0 bridgehead atoms. The van der Waals surface area contributed by atoms with Gasteiger partial charge in [0, 0.05) is 6.61 Å². The van der Waals surface area contributed by atoms with Gasteiger partial charge in [0.05, 0.1) is 6.10 Å². The van der Waals surface area contributed by atoms with Crippen LogP contribution in [-0.2, 0) is 4.74 Å². The molecule has 0 spiro atoms. The molecule has 1 nitrogen and oxygen atoms in total. The van der Waals surface area contributed by atoms with E-state index in [1.807, 2.05) is 4.93 Å². The van der Waals surface area contributed by atoms with Crippen LogP contribution in [-0.4, -0.2) is 17.6 Å². The number of hydrogen-bond donors (Lipinski definition) is 0. The summed E-state index contributed by atoms with van der Waals surface area (Å²) in [6.07, 6.45) is 4.43. The fraction of sp³-hybridized carbons (Fsp3) is 1.00. The van der Waals surface area contributed by atoms with Gasteiger partial charge >= 0.3 is 0 Å². The van der Waals surface area contributed by atoms with Gasteiger partial charge in [0.25, 0.3) is 0 Å². The van der Waals surface area contributed by atoms with Gasteiger partial charge in [-0.3, -0.25) is 0 Å². The van der Waals surface area contributed by atoms with Crippen LogP contribution >= 0.6 is 22.6 Å². The van der Waals surface area contributed by atoms with Gasteiger partial charge in [-0.2, -0.15) is 0 Å². The Bertz CT molecular complexity index is 50.9. The van der Waals surface area contributed by atoms with Crippen molar-refractivity contribution in [2.24, 2.45) is 0 Å². The number of halogens is 1. The van der Waals surface area contributed by atoms with Gasteiger partial charge in [-0.1, -0.05) is 22.6 Å². The van der Waals surface area contributed by atoms with E-state index in [-0.39, 0.29) is 0 Å². The quantitative estimate of drug-likeness (QED) is 0.468. The third-order valence-corrected chi connectivity index (χ3v) is 1.41. The van der Waals surface area contributed by atoms with Gasteiger partial charge in [-0.05, 0) is 31.1 Å². The highest BCUT2D eigenvalue weighted by Crippen LogP contribution is 2.10. The molecule has 0 aliphatic carbocycles. The van der Waals surface area contributed by atoms with Crippen molar-refractivity contribution in [2.45, 2.75) is 32.3 Å². The van der Waals surface area contributed by atoms with Crippen molar-refractivity contribution in [1.82, 2.24) is 0 Å². The summed E-state index contributed by atoms with van der Waals surface area (Å²) in [7, 11) is 0. The molecule has 0 radical (unpaired) electrons. The number of ether oxygens (including phenoxy) is 1. The molecule has 0 N–H and O–H groups in total. The first-order valence-corrected chi connectivity index (χ1v) is 5.55. The smallest absolute Gasteiger partial charge is 0.0547 e. The lowest BCUT2D eigenvalue weighted by Crippen LogP contribution is -2.14. The lowest BCUT2D eigenvalue weighted by molar-refractivity contribution is 0.0285. The first kappa shape index (κ1) is 9.69. The Morgan fingerprint density at radius 3 is 2.22 bits per heavy atom. The van der Waals surface area contributed by atoms with E-state index in [0.717, 1.165) is 6.61 Å². The lowest BCUT2D eigenvalue weighted by atomic mass is 10.1. The average molecular weight is 242 g/mol. The van der Waals surface area contributed by atoms with Crippen molar-refractivity contribution in [3.63, 3.8) is 0 Å². The van der Waals surface area contributed by atoms with Crippen molar-refractivity contribution >= 4 is 22.6 Å². The maximum atomic E-state index is 5.28. The van der Waals surface area contributed by atoms with E-state index >= 15 is 0 Å². The van der Waals surface area contributed by atoms with E-state index in [0.29, 0.717) is 6.10 Å². The summed E-state index contributed by atoms with van der Waals surface area (Å²) in [5.41, 5.74) is 0. The van der Waals surface area contributed by atoms with Crippen molar-refractivity contribution in [3.8, 4) is 0 Å². The van der Waals surface area contributed by atoms with Crippen molar-refractivity contribution in [3.05, 3.63) is 0 Å². The number of rotatable bonds is 0. The molecule has 1 atom stereocenters. The lowest BCUT2D eigenvalue weighted by Gasteiger charge is -2.17. The van der Waals surface area contributed by atoms with Gasteiger partial charge in [0.1, 0.15) is 0 Å². The highest BCUT2D eigenvalue weighted by atomic mass is 127. The molecule has 0 amide bonds. The zero-order valence-electron chi connectivity index (χ0n) is 6.19. The van der Waals surface area contributed by atoms with Gasteiger partial charge < -0.3 is 4.74 Å². The minimum absolute atomic E-state index is 0.536. The van der Waals surface area contributed by atoms with Crippen LogP contribution in [0.25, 0.3) is 0 Å². The molecule has 56 valence electrons. The van der Waals surface area contributed by atoms with Gasteiger partial charge in [0.15, 0.2) is 0 Å². The molecule has 0 aromatic carbocycles. The topological polar surface area (TPSA) is 9.23 Å². The molecule has 1 saturated heterocycles. The standard InChI is InChI=1S/C6H12O.CH3I/c1-6-4-2-3-5-7-6;1-2/h6H,2-5H2,1H3;1H3. The second kappa shape index (κ2) is 6.81. The molecule has 2 heteroatoms. The van der Waals surface area contributed by atoms with Crippen LogP contribution in [0.15, 0.2) is 0 Å². The third-order valence-electron chi connectivity index (χ3n) is 1.41. The Balaban J connectivity index is 0.000000291. The second-order valence-electron chi connectivity index (χ2n) is 2.18. The Morgan fingerprint density at radius 2 is 2.00 bits per heavy atom. The minimum Gasteiger partial charge on any atom is -0.379 e. The molecule has 1 unspecified atom stereocenters. The highest BCUT2D eigenvalue weighted by Gasteiger charge is 2.05. The van der Waals surface area contributed by atoms with Crippen LogP contribution < -0.4 is 0 Å². The minimum atomic E-state index is 0.536. The summed E-state index contributed by atoms with van der Waals surface area (Å²) >= 11 is 2.15. The molecule has 0 saturated carbocycles. The fourth-order valence-corrected chi connectivity index (χ4v) is 0.902. The third kappa shape index (κ3) is 5.15. The summed E-state index contributed by atoms with van der Waals surface area (Å²) in [5, 5.41) is 0. The largest absolute Gasteiger partial charge is 0.379 e. The van der Waals surface area contributed by atoms with Crippen molar-refractivity contribution < 1.29 is 4.74 Å². The molecule has 1 fully saturated rings. The Kier molecular flexibility index (Phi) is 7.33. The van der Waals surface area contributed by atoms with Crippen LogP contribution in [0.4, 0.5) is 0 Å². The van der Waals surface area contributed by atoms with Crippen LogP contribution in [0, 0.1) is 0 Å². The monoisotopic (exact) mass is 242 g/mol. The fourth-order valence-electron chi connectivity index (χ4n) is 0.902. The molecule has 1 aliphatic heterocycles. The van der Waals surface area contributed by atoms with Crippen molar-refractivity contribution in [1.29, 1.82) is 0 Å². The van der Waals surface area contributed by atoms with E-state index in [9.17, 15) is 0 Å². The van der Waals surface area contributed by atoms with E-state index in [2.05, 4.69) is 29.5 Å². The van der Waals surface area contributed by atoms with Gasteiger partial charge in [-0.15, -0.1) is 0 Å². The summed E-state index contributed by atoms with van der Waals surface area (Å²) in [4.78, 5) is 1.97. The van der Waals surface area contributed by atoms with Crippen LogP contribution in [0.5, 0.6) is 0 Å². The maximum Gasteiger partial charge on any atom is 0.0547 e. The molecule has 0 aromatic rings. The Hall–Kier alpha value is 0.690. The highest BCUT2D eigenvalue weighted by molar-refractivity contribution is 14.1. The van der Waals surface area contributed by atoms with Gasteiger partial charge in [0.2, 0.25) is 0 Å². The molecule has 1 rings (SSSR count). The van der Waals surface area contributed by atoms with Crippen LogP contribution in [0.3, 0.4) is 0 Å². The molecule has 9 heavy (non-hydrogen) atoms. The van der Waals surface area contributed by atoms with E-state index < -0.39 is 0 Å². The number of hydrogen-bond acceptors (Lipinski definition) is 1. The zero-order valence-corrected chi connectivity index (χ0v) is 8.35. The van der Waals surface area contributed by atoms with Crippen LogP contribution in [0.2, 0.25) is 0 Å². The van der Waals surface area contributed by atoms with Crippen molar-refractivity contribution in [2.75, 3.05) is 11.5 Å². The molecule has 1 heterocycles.